The number of para-hydroxylation sites is 1. The maximum Gasteiger partial charge on any atom is 0.243 e. The highest BCUT2D eigenvalue weighted by Crippen LogP contribution is 2.36. The highest BCUT2D eigenvalue weighted by atomic mass is 32.2. The first-order valence-electron chi connectivity index (χ1n) is 9.70. The molecule has 3 N–H and O–H groups in total. The number of ketones is 1. The molecule has 29 heavy (non-hydrogen) atoms. The molecule has 158 valence electrons. The van der Waals surface area contributed by atoms with Crippen molar-refractivity contribution in [2.75, 3.05) is 6.54 Å². The monoisotopic (exact) mass is 418 g/mol. The molecule has 0 saturated carbocycles. The van der Waals surface area contributed by atoms with Crippen molar-refractivity contribution < 1.29 is 18.3 Å². The standard InChI is InChI=1S/C22H30N2O4S/c1-15(2)14-24(21(13-16(3)23)20-7-5-6-8-22(20)26)29(27,28)19-11-9-18(10-12-19)17(4)25/h5-12,15-16,21,26H,13-14,23H2,1-4H3/t16-,21?/m0/s1. The Morgan fingerprint density at radius 2 is 1.66 bits per heavy atom. The summed E-state index contributed by atoms with van der Waals surface area (Å²) in [6.45, 7) is 7.40. The van der Waals surface area contributed by atoms with Crippen LogP contribution in [0.4, 0.5) is 0 Å². The van der Waals surface area contributed by atoms with Crippen LogP contribution >= 0.6 is 0 Å². The van der Waals surface area contributed by atoms with Gasteiger partial charge < -0.3 is 10.8 Å². The van der Waals surface area contributed by atoms with Crippen LogP contribution in [0.15, 0.2) is 53.4 Å². The van der Waals surface area contributed by atoms with Gasteiger partial charge in [0.15, 0.2) is 5.78 Å². The minimum Gasteiger partial charge on any atom is -0.508 e. The van der Waals surface area contributed by atoms with Crippen molar-refractivity contribution in [1.29, 1.82) is 0 Å². The lowest BCUT2D eigenvalue weighted by atomic mass is 9.98. The number of carbonyl (C=O) groups excluding carboxylic acids is 1. The van der Waals surface area contributed by atoms with Crippen molar-refractivity contribution in [2.45, 2.75) is 51.1 Å². The lowest BCUT2D eigenvalue weighted by molar-refractivity contribution is 0.101. The second-order valence-corrected chi connectivity index (χ2v) is 9.73. The average Bonchev–Trinajstić information content (AvgIpc) is 2.64. The zero-order valence-corrected chi connectivity index (χ0v) is 18.2. The molecule has 2 atom stereocenters. The van der Waals surface area contributed by atoms with Crippen LogP contribution in [0, 0.1) is 5.92 Å². The van der Waals surface area contributed by atoms with Gasteiger partial charge in [-0.3, -0.25) is 4.79 Å². The van der Waals surface area contributed by atoms with Crippen molar-refractivity contribution in [3.8, 4) is 5.75 Å². The summed E-state index contributed by atoms with van der Waals surface area (Å²) in [6, 6.07) is 11.8. The second kappa shape index (κ2) is 9.52. The molecule has 0 bridgehead atoms. The summed E-state index contributed by atoms with van der Waals surface area (Å²) in [5.41, 5.74) is 7.02. The Bertz CT molecular complexity index is 938. The summed E-state index contributed by atoms with van der Waals surface area (Å²) >= 11 is 0. The average molecular weight is 419 g/mol. The van der Waals surface area contributed by atoms with Crippen LogP contribution in [0.5, 0.6) is 5.75 Å². The van der Waals surface area contributed by atoms with Crippen molar-refractivity contribution in [3.05, 3.63) is 59.7 Å². The number of rotatable bonds is 9. The molecule has 0 aliphatic rings. The van der Waals surface area contributed by atoms with Crippen LogP contribution in [0.1, 0.15) is 56.1 Å². The van der Waals surface area contributed by atoms with E-state index in [2.05, 4.69) is 0 Å². The van der Waals surface area contributed by atoms with Crippen LogP contribution in [-0.2, 0) is 10.0 Å². The third-order valence-corrected chi connectivity index (χ3v) is 6.54. The number of sulfonamides is 1. The molecule has 0 fully saturated rings. The van der Waals surface area contributed by atoms with Crippen molar-refractivity contribution in [3.63, 3.8) is 0 Å². The Morgan fingerprint density at radius 1 is 1.07 bits per heavy atom. The van der Waals surface area contributed by atoms with Crippen molar-refractivity contribution in [1.82, 2.24) is 4.31 Å². The molecule has 7 heteroatoms. The number of hydrogen-bond donors (Lipinski definition) is 2. The Kier molecular flexibility index (Phi) is 7.57. The van der Waals surface area contributed by atoms with Crippen LogP contribution in [0.25, 0.3) is 0 Å². The van der Waals surface area contributed by atoms with Gasteiger partial charge in [-0.25, -0.2) is 8.42 Å². The van der Waals surface area contributed by atoms with Crippen LogP contribution in [0.3, 0.4) is 0 Å². The molecule has 2 aromatic carbocycles. The topological polar surface area (TPSA) is 101 Å². The molecule has 0 radical (unpaired) electrons. The van der Waals surface area contributed by atoms with Gasteiger partial charge in [-0.05, 0) is 44.4 Å². The van der Waals surface area contributed by atoms with Crippen LogP contribution < -0.4 is 5.73 Å². The van der Waals surface area contributed by atoms with E-state index in [9.17, 15) is 18.3 Å². The van der Waals surface area contributed by atoms with Gasteiger partial charge in [-0.15, -0.1) is 0 Å². The quantitative estimate of drug-likeness (QED) is 0.605. The van der Waals surface area contributed by atoms with E-state index in [-0.39, 0.29) is 34.9 Å². The summed E-state index contributed by atoms with van der Waals surface area (Å²) in [5.74, 6) is -0.0336. The second-order valence-electron chi connectivity index (χ2n) is 7.84. The highest BCUT2D eigenvalue weighted by molar-refractivity contribution is 7.89. The molecular formula is C22H30N2O4S. The van der Waals surface area contributed by atoms with E-state index in [4.69, 9.17) is 5.73 Å². The number of benzene rings is 2. The molecule has 0 aliphatic heterocycles. The molecule has 6 nitrogen and oxygen atoms in total. The smallest absolute Gasteiger partial charge is 0.243 e. The highest BCUT2D eigenvalue weighted by Gasteiger charge is 2.34. The van der Waals surface area contributed by atoms with Gasteiger partial charge in [-0.1, -0.05) is 44.2 Å². The Hall–Kier alpha value is -2.22. The zero-order chi connectivity index (χ0) is 21.8. The summed E-state index contributed by atoms with van der Waals surface area (Å²) in [7, 11) is -3.89. The lowest BCUT2D eigenvalue weighted by Crippen LogP contribution is -2.39. The van der Waals surface area contributed by atoms with Gasteiger partial charge in [0, 0.05) is 23.7 Å². The normalized spacial score (nSPS) is 14.2. The predicted octanol–water partition coefficient (Wildman–Crippen LogP) is 3.72. The summed E-state index contributed by atoms with van der Waals surface area (Å²) in [5, 5.41) is 10.4. The number of nitrogens with zero attached hydrogens (tertiary/aromatic N) is 1. The molecule has 0 amide bonds. The van der Waals surface area contributed by atoms with E-state index in [1.54, 1.807) is 24.3 Å². The van der Waals surface area contributed by atoms with E-state index in [0.717, 1.165) is 0 Å². The Morgan fingerprint density at radius 3 is 2.14 bits per heavy atom. The molecule has 0 aromatic heterocycles. The number of aromatic hydroxyl groups is 1. The summed E-state index contributed by atoms with van der Waals surface area (Å²) in [6.07, 6.45) is 0.356. The fourth-order valence-corrected chi connectivity index (χ4v) is 5.05. The first-order chi connectivity index (χ1) is 13.5. The van der Waals surface area contributed by atoms with Gasteiger partial charge in [0.2, 0.25) is 10.0 Å². The first-order valence-corrected chi connectivity index (χ1v) is 11.1. The SMILES string of the molecule is CC(=O)c1ccc(S(=O)(=O)N(CC(C)C)C(C[C@H](C)N)c2ccccc2O)cc1. The molecule has 1 unspecified atom stereocenters. The number of nitrogens with two attached hydrogens (primary N) is 1. The van der Waals surface area contributed by atoms with Crippen LogP contribution in [-0.4, -0.2) is 36.2 Å². The third kappa shape index (κ3) is 5.65. The molecular weight excluding hydrogens is 388 g/mol. The third-order valence-electron chi connectivity index (χ3n) is 4.65. The fraction of sp³-hybridized carbons (Fsp3) is 0.409. The zero-order valence-electron chi connectivity index (χ0n) is 17.4. The molecule has 0 heterocycles. The van der Waals surface area contributed by atoms with E-state index < -0.39 is 16.1 Å². The predicted molar refractivity (Wildman–Crippen MR) is 114 cm³/mol. The number of phenolic OH excluding ortho intramolecular Hbond substituents is 1. The lowest BCUT2D eigenvalue weighted by Gasteiger charge is -2.34. The van der Waals surface area contributed by atoms with Gasteiger partial charge >= 0.3 is 0 Å². The number of carbonyl (C=O) groups is 1. The van der Waals surface area contributed by atoms with Gasteiger partial charge in [0.1, 0.15) is 5.75 Å². The van der Waals surface area contributed by atoms with E-state index in [1.807, 2.05) is 20.8 Å². The molecule has 2 rings (SSSR count). The minimum atomic E-state index is -3.89. The fourth-order valence-electron chi connectivity index (χ4n) is 3.27. The molecule has 0 spiro atoms. The maximum atomic E-state index is 13.6. The van der Waals surface area contributed by atoms with Crippen molar-refractivity contribution >= 4 is 15.8 Å². The molecule has 0 aliphatic carbocycles. The first kappa shape index (κ1) is 23.1. The van der Waals surface area contributed by atoms with Gasteiger partial charge in [0.25, 0.3) is 0 Å². The maximum absolute atomic E-state index is 13.6. The summed E-state index contributed by atoms with van der Waals surface area (Å²) < 4.78 is 28.6. The van der Waals surface area contributed by atoms with Crippen LogP contribution in [0.2, 0.25) is 0 Å². The number of Topliss-reactive ketones (excluding diaryl/α,β-unsaturated/α-hetero) is 1. The minimum absolute atomic E-state index is 0.0361. The summed E-state index contributed by atoms with van der Waals surface area (Å²) in [4.78, 5) is 11.6. The molecule has 0 saturated heterocycles. The number of phenols is 1. The van der Waals surface area contributed by atoms with E-state index in [0.29, 0.717) is 17.5 Å². The largest absolute Gasteiger partial charge is 0.508 e. The molecule has 2 aromatic rings. The van der Waals surface area contributed by atoms with Crippen molar-refractivity contribution in [2.24, 2.45) is 11.7 Å². The van der Waals surface area contributed by atoms with Gasteiger partial charge in [-0.2, -0.15) is 4.31 Å². The van der Waals surface area contributed by atoms with E-state index in [1.165, 1.54) is 35.5 Å². The van der Waals surface area contributed by atoms with E-state index >= 15 is 0 Å². The Balaban J connectivity index is 2.59. The Labute approximate surface area is 173 Å². The van der Waals surface area contributed by atoms with Gasteiger partial charge in [0.05, 0.1) is 10.9 Å². The number of hydrogen-bond acceptors (Lipinski definition) is 5.